The number of carbonyl (C=O) groups is 2. The molecule has 214 valence electrons. The van der Waals surface area contributed by atoms with E-state index in [1.807, 2.05) is 44.2 Å². The third kappa shape index (κ3) is 8.71. The molecule has 3 aromatic carbocycles. The zero-order chi connectivity index (χ0) is 29.4. The lowest BCUT2D eigenvalue weighted by Crippen LogP contribution is -2.54. The number of hydrogen-bond acceptors (Lipinski definition) is 4. The van der Waals surface area contributed by atoms with Crippen molar-refractivity contribution >= 4 is 50.7 Å². The van der Waals surface area contributed by atoms with Gasteiger partial charge in [-0.1, -0.05) is 78.7 Å². The number of sulfonamides is 1. The smallest absolute Gasteiger partial charge is 0.244 e. The zero-order valence-electron chi connectivity index (χ0n) is 23.1. The Morgan fingerprint density at radius 3 is 2.15 bits per heavy atom. The lowest BCUT2D eigenvalue weighted by atomic mass is 10.0. The van der Waals surface area contributed by atoms with Gasteiger partial charge in [0, 0.05) is 29.1 Å². The molecular weight excluding hydrogens is 569 g/mol. The van der Waals surface area contributed by atoms with Crippen LogP contribution < -0.4 is 9.62 Å². The maximum atomic E-state index is 14.1. The Balaban J connectivity index is 2.08. The van der Waals surface area contributed by atoms with Gasteiger partial charge in [0.1, 0.15) is 12.6 Å². The third-order valence-corrected chi connectivity index (χ3v) is 8.27. The molecule has 0 aliphatic carbocycles. The van der Waals surface area contributed by atoms with Crippen LogP contribution in [0.5, 0.6) is 0 Å². The largest absolute Gasteiger partial charge is 0.352 e. The summed E-state index contributed by atoms with van der Waals surface area (Å²) in [6.45, 7) is 5.18. The van der Waals surface area contributed by atoms with Crippen LogP contribution in [0.25, 0.3) is 0 Å². The minimum absolute atomic E-state index is 0.0769. The van der Waals surface area contributed by atoms with E-state index in [2.05, 4.69) is 5.32 Å². The van der Waals surface area contributed by atoms with Crippen LogP contribution in [-0.2, 0) is 32.6 Å². The second-order valence-electron chi connectivity index (χ2n) is 9.87. The number of carbonyl (C=O) groups excluding carboxylic acids is 2. The fraction of sp³-hybridized carbons (Fsp3) is 0.333. The number of anilines is 1. The second-order valence-corrected chi connectivity index (χ2v) is 12.7. The van der Waals surface area contributed by atoms with Crippen molar-refractivity contribution < 1.29 is 18.0 Å². The van der Waals surface area contributed by atoms with E-state index in [1.54, 1.807) is 43.3 Å². The monoisotopic (exact) mass is 603 g/mol. The highest BCUT2D eigenvalue weighted by molar-refractivity contribution is 7.92. The van der Waals surface area contributed by atoms with Crippen LogP contribution >= 0.6 is 23.2 Å². The van der Waals surface area contributed by atoms with Crippen molar-refractivity contribution in [1.29, 1.82) is 0 Å². The Morgan fingerprint density at radius 2 is 1.55 bits per heavy atom. The molecule has 3 aromatic rings. The molecule has 0 heterocycles. The molecule has 0 saturated carbocycles. The van der Waals surface area contributed by atoms with Gasteiger partial charge < -0.3 is 10.2 Å². The van der Waals surface area contributed by atoms with E-state index in [4.69, 9.17) is 23.2 Å². The van der Waals surface area contributed by atoms with Crippen molar-refractivity contribution in [1.82, 2.24) is 10.2 Å². The fourth-order valence-corrected chi connectivity index (χ4v) is 5.42. The van der Waals surface area contributed by atoms with Gasteiger partial charge >= 0.3 is 0 Å². The lowest BCUT2D eigenvalue weighted by molar-refractivity contribution is -0.140. The summed E-state index contributed by atoms with van der Waals surface area (Å²) in [6, 6.07) is 20.3. The van der Waals surface area contributed by atoms with Crippen molar-refractivity contribution in [3.05, 3.63) is 99.5 Å². The van der Waals surface area contributed by atoms with E-state index in [1.165, 1.54) is 11.0 Å². The molecule has 2 atom stereocenters. The average molecular weight is 605 g/mol. The predicted molar refractivity (Wildman–Crippen MR) is 162 cm³/mol. The quantitative estimate of drug-likeness (QED) is 0.291. The van der Waals surface area contributed by atoms with Gasteiger partial charge in [-0.05, 0) is 61.2 Å². The molecule has 3 rings (SSSR count). The molecule has 0 aliphatic rings. The van der Waals surface area contributed by atoms with Crippen LogP contribution in [0.3, 0.4) is 0 Å². The van der Waals surface area contributed by atoms with Gasteiger partial charge in [0.05, 0.1) is 11.9 Å². The molecule has 40 heavy (non-hydrogen) atoms. The van der Waals surface area contributed by atoms with Gasteiger partial charge in [0.2, 0.25) is 21.8 Å². The highest BCUT2D eigenvalue weighted by atomic mass is 35.5. The Labute approximate surface area is 247 Å². The summed E-state index contributed by atoms with van der Waals surface area (Å²) in [5.41, 5.74) is 2.56. The van der Waals surface area contributed by atoms with E-state index < -0.39 is 28.5 Å². The summed E-state index contributed by atoms with van der Waals surface area (Å²) in [5, 5.41) is 3.89. The van der Waals surface area contributed by atoms with Crippen molar-refractivity contribution in [2.75, 3.05) is 17.1 Å². The summed E-state index contributed by atoms with van der Waals surface area (Å²) in [4.78, 5) is 29.2. The van der Waals surface area contributed by atoms with Crippen LogP contribution in [0.1, 0.15) is 37.0 Å². The minimum Gasteiger partial charge on any atom is -0.352 e. The number of nitrogens with zero attached hydrogens (tertiary/aromatic N) is 2. The molecule has 2 amide bonds. The molecule has 10 heteroatoms. The number of hydrogen-bond donors (Lipinski definition) is 1. The number of nitrogens with one attached hydrogen (secondary N) is 1. The van der Waals surface area contributed by atoms with Gasteiger partial charge in [0.15, 0.2) is 0 Å². The topological polar surface area (TPSA) is 86.8 Å². The highest BCUT2D eigenvalue weighted by Gasteiger charge is 2.33. The minimum atomic E-state index is -3.88. The molecular formula is C30H35Cl2N3O4S. The highest BCUT2D eigenvalue weighted by Crippen LogP contribution is 2.27. The summed E-state index contributed by atoms with van der Waals surface area (Å²) in [7, 11) is -3.88. The van der Waals surface area contributed by atoms with Crippen LogP contribution in [0.2, 0.25) is 10.0 Å². The third-order valence-electron chi connectivity index (χ3n) is 6.66. The van der Waals surface area contributed by atoms with Gasteiger partial charge in [-0.2, -0.15) is 0 Å². The Morgan fingerprint density at radius 1 is 0.925 bits per heavy atom. The van der Waals surface area contributed by atoms with Crippen molar-refractivity contribution in [3.63, 3.8) is 0 Å². The molecule has 1 N–H and O–H groups in total. The van der Waals surface area contributed by atoms with Crippen LogP contribution in [-0.4, -0.2) is 50.0 Å². The summed E-state index contributed by atoms with van der Waals surface area (Å²) >= 11 is 12.3. The molecule has 0 fully saturated rings. The van der Waals surface area contributed by atoms with Gasteiger partial charge in [-0.15, -0.1) is 0 Å². The van der Waals surface area contributed by atoms with E-state index in [-0.39, 0.29) is 24.9 Å². The molecule has 0 spiro atoms. The van der Waals surface area contributed by atoms with E-state index in [9.17, 15) is 18.0 Å². The first-order chi connectivity index (χ1) is 18.9. The molecule has 0 unspecified atom stereocenters. The molecule has 0 aromatic heterocycles. The Bertz CT molecular complexity index is 1420. The first-order valence-electron chi connectivity index (χ1n) is 13.0. The fourth-order valence-electron chi connectivity index (χ4n) is 4.23. The lowest BCUT2D eigenvalue weighted by Gasteiger charge is -2.34. The molecule has 7 nitrogen and oxygen atoms in total. The van der Waals surface area contributed by atoms with Gasteiger partial charge in [-0.3, -0.25) is 13.9 Å². The van der Waals surface area contributed by atoms with Crippen LogP contribution in [0.4, 0.5) is 5.69 Å². The predicted octanol–water partition coefficient (Wildman–Crippen LogP) is 5.62. The summed E-state index contributed by atoms with van der Waals surface area (Å²) in [6.07, 6.45) is 2.00. The second kappa shape index (κ2) is 14.0. The Kier molecular flexibility index (Phi) is 11.0. The summed E-state index contributed by atoms with van der Waals surface area (Å²) < 4.78 is 26.9. The maximum Gasteiger partial charge on any atom is 0.244 e. The van der Waals surface area contributed by atoms with Gasteiger partial charge in [-0.25, -0.2) is 8.42 Å². The van der Waals surface area contributed by atoms with E-state index in [0.717, 1.165) is 21.7 Å². The van der Waals surface area contributed by atoms with Crippen molar-refractivity contribution in [2.24, 2.45) is 0 Å². The molecule has 0 bridgehead atoms. The summed E-state index contributed by atoms with van der Waals surface area (Å²) in [5.74, 6) is -0.842. The maximum absolute atomic E-state index is 14.1. The number of halogens is 2. The van der Waals surface area contributed by atoms with Crippen molar-refractivity contribution in [2.45, 2.75) is 52.2 Å². The SMILES string of the molecule is CC[C@H](C)NC(=O)[C@@H](Cc1ccccc1)N(Cc1ccc(Cl)cc1)C(=O)CN(c1cc(Cl)ccc1C)S(C)(=O)=O. The first kappa shape index (κ1) is 31.5. The van der Waals surface area contributed by atoms with Crippen LogP contribution in [0, 0.1) is 6.92 Å². The number of aryl methyl sites for hydroxylation is 1. The number of benzene rings is 3. The van der Waals surface area contributed by atoms with Crippen molar-refractivity contribution in [3.8, 4) is 0 Å². The normalized spacial score (nSPS) is 12.8. The Hall–Kier alpha value is -3.07. The van der Waals surface area contributed by atoms with Crippen LogP contribution in [0.15, 0.2) is 72.8 Å². The van der Waals surface area contributed by atoms with E-state index in [0.29, 0.717) is 27.7 Å². The van der Waals surface area contributed by atoms with E-state index >= 15 is 0 Å². The number of rotatable bonds is 12. The standard InChI is InChI=1S/C30H35Cl2N3O4S/c1-5-22(3)33-30(37)28(17-23-9-7-6-8-10-23)34(19-24-12-15-25(31)16-13-24)29(36)20-35(40(4,38)39)27-18-26(32)14-11-21(27)2/h6-16,18,22,28H,5,17,19-20H2,1-4H3,(H,33,37)/t22-,28+/m0/s1. The zero-order valence-corrected chi connectivity index (χ0v) is 25.4. The molecule has 0 saturated heterocycles. The number of amides is 2. The molecule has 0 radical (unpaired) electrons. The average Bonchev–Trinajstić information content (AvgIpc) is 2.91. The van der Waals surface area contributed by atoms with Gasteiger partial charge in [0.25, 0.3) is 0 Å². The first-order valence-corrected chi connectivity index (χ1v) is 15.6. The molecule has 0 aliphatic heterocycles.